The minimum atomic E-state index is -0.179. The van der Waals surface area contributed by atoms with Crippen molar-refractivity contribution in [2.24, 2.45) is 0 Å². The monoisotopic (exact) mass is 459 g/mol. The molecule has 2 amide bonds. The van der Waals surface area contributed by atoms with Gasteiger partial charge in [-0.1, -0.05) is 24.3 Å². The Balaban J connectivity index is 1.19. The van der Waals surface area contributed by atoms with Crippen LogP contribution in [0, 0.1) is 0 Å². The van der Waals surface area contributed by atoms with Gasteiger partial charge in [-0.15, -0.1) is 0 Å². The summed E-state index contributed by atoms with van der Waals surface area (Å²) in [5.41, 5.74) is 2.08. The lowest BCUT2D eigenvalue weighted by molar-refractivity contribution is -0.114. The summed E-state index contributed by atoms with van der Waals surface area (Å²) in [5, 5.41) is 5.95. The molecule has 4 rings (SSSR count). The number of para-hydroxylation sites is 1. The van der Waals surface area contributed by atoms with Crippen molar-refractivity contribution in [2.75, 3.05) is 43.5 Å². The van der Waals surface area contributed by atoms with Crippen LogP contribution in [0.3, 0.4) is 0 Å². The Morgan fingerprint density at radius 3 is 2.18 bits per heavy atom. The molecule has 1 aliphatic heterocycles. The van der Waals surface area contributed by atoms with Crippen LogP contribution >= 0.6 is 0 Å². The van der Waals surface area contributed by atoms with Crippen LogP contribution in [0.2, 0.25) is 0 Å². The van der Waals surface area contributed by atoms with Crippen molar-refractivity contribution in [3.05, 3.63) is 84.4 Å². The molecule has 0 saturated carbocycles. The van der Waals surface area contributed by atoms with Gasteiger partial charge in [0, 0.05) is 36.1 Å². The fraction of sp³-hybridized carbons (Fsp3) is 0.259. The average Bonchev–Trinajstić information content (AvgIpc) is 3.42. The van der Waals surface area contributed by atoms with Crippen molar-refractivity contribution in [1.29, 1.82) is 0 Å². The van der Waals surface area contributed by atoms with Crippen LogP contribution in [0.25, 0.3) is 0 Å². The predicted octanol–water partition coefficient (Wildman–Crippen LogP) is 4.43. The number of carbonyl (C=O) groups is 2. The number of likely N-dealkylation sites (tertiary alicyclic amines) is 1. The van der Waals surface area contributed by atoms with E-state index in [4.69, 9.17) is 9.47 Å². The average molecular weight is 460 g/mol. The summed E-state index contributed by atoms with van der Waals surface area (Å²) in [4.78, 5) is 26.6. The van der Waals surface area contributed by atoms with E-state index in [0.717, 1.165) is 37.4 Å². The summed E-state index contributed by atoms with van der Waals surface area (Å²) in [7, 11) is 0. The van der Waals surface area contributed by atoms with Crippen LogP contribution in [-0.4, -0.2) is 49.6 Å². The van der Waals surface area contributed by atoms with Crippen molar-refractivity contribution < 1.29 is 19.1 Å². The van der Waals surface area contributed by atoms with Crippen LogP contribution in [0.4, 0.5) is 11.4 Å². The zero-order valence-electron chi connectivity index (χ0n) is 19.0. The minimum absolute atomic E-state index is 0.0470. The van der Waals surface area contributed by atoms with Gasteiger partial charge in [0.2, 0.25) is 5.91 Å². The first-order chi connectivity index (χ1) is 16.7. The predicted molar refractivity (Wildman–Crippen MR) is 133 cm³/mol. The third-order valence-electron chi connectivity index (χ3n) is 5.46. The van der Waals surface area contributed by atoms with Crippen LogP contribution in [0.15, 0.2) is 78.9 Å². The zero-order valence-corrected chi connectivity index (χ0v) is 19.0. The Labute approximate surface area is 199 Å². The summed E-state index contributed by atoms with van der Waals surface area (Å²) in [6.45, 7) is 2.59. The molecular weight excluding hydrogens is 430 g/mol. The van der Waals surface area contributed by atoms with Crippen molar-refractivity contribution in [1.82, 2.24) is 4.90 Å². The summed E-state index contributed by atoms with van der Waals surface area (Å²) in [5.74, 6) is 1.37. The molecular formula is C27H29N3O4. The smallest absolute Gasteiger partial charge is 0.253 e. The van der Waals surface area contributed by atoms with Crippen LogP contribution < -0.4 is 20.1 Å². The van der Waals surface area contributed by atoms with E-state index >= 15 is 0 Å². The van der Waals surface area contributed by atoms with E-state index in [9.17, 15) is 9.59 Å². The van der Waals surface area contributed by atoms with Gasteiger partial charge in [0.15, 0.2) is 0 Å². The van der Waals surface area contributed by atoms with E-state index in [-0.39, 0.29) is 18.4 Å². The molecule has 0 aliphatic carbocycles. The molecule has 0 aromatic heterocycles. The summed E-state index contributed by atoms with van der Waals surface area (Å²) in [6.07, 6.45) is 2.12. The molecule has 7 heteroatoms. The largest absolute Gasteiger partial charge is 0.490 e. The number of hydrogen-bond acceptors (Lipinski definition) is 5. The van der Waals surface area contributed by atoms with E-state index < -0.39 is 0 Å². The molecule has 34 heavy (non-hydrogen) atoms. The number of amides is 2. The number of ether oxygens (including phenoxy) is 2. The van der Waals surface area contributed by atoms with Crippen molar-refractivity contribution in [3.63, 3.8) is 0 Å². The number of carbonyl (C=O) groups excluding carboxylic acids is 2. The third-order valence-corrected chi connectivity index (χ3v) is 5.46. The van der Waals surface area contributed by atoms with Crippen molar-refractivity contribution in [3.8, 4) is 11.5 Å². The van der Waals surface area contributed by atoms with Gasteiger partial charge in [0.1, 0.15) is 24.7 Å². The van der Waals surface area contributed by atoms with E-state index in [2.05, 4.69) is 10.6 Å². The first-order valence-corrected chi connectivity index (χ1v) is 11.5. The number of rotatable bonds is 10. The molecule has 1 heterocycles. The summed E-state index contributed by atoms with van der Waals surface area (Å²) in [6, 6.07) is 24.1. The van der Waals surface area contributed by atoms with Gasteiger partial charge in [-0.2, -0.15) is 0 Å². The van der Waals surface area contributed by atoms with E-state index in [1.165, 1.54) is 0 Å². The quantitative estimate of drug-likeness (QED) is 0.439. The van der Waals surface area contributed by atoms with Gasteiger partial charge in [-0.25, -0.2) is 0 Å². The molecule has 0 spiro atoms. The molecule has 0 atom stereocenters. The highest BCUT2D eigenvalue weighted by molar-refractivity contribution is 5.96. The van der Waals surface area contributed by atoms with Gasteiger partial charge in [-0.05, 0) is 61.4 Å². The van der Waals surface area contributed by atoms with Crippen molar-refractivity contribution in [2.45, 2.75) is 12.8 Å². The number of hydrogen-bond donors (Lipinski definition) is 2. The molecule has 3 aromatic rings. The van der Waals surface area contributed by atoms with Crippen molar-refractivity contribution >= 4 is 23.2 Å². The van der Waals surface area contributed by atoms with Crippen LogP contribution in [-0.2, 0) is 4.79 Å². The van der Waals surface area contributed by atoms with E-state index in [1.54, 1.807) is 24.3 Å². The maximum absolute atomic E-state index is 12.4. The Hall–Kier alpha value is -4.00. The van der Waals surface area contributed by atoms with Gasteiger partial charge >= 0.3 is 0 Å². The lowest BCUT2D eigenvalue weighted by Crippen LogP contribution is -2.27. The second kappa shape index (κ2) is 11.7. The SMILES string of the molecule is O=C(CNc1cccc(OCCOc2ccccc2)c1)Nc1ccc(C(=O)N2CCCC2)cc1. The van der Waals surface area contributed by atoms with Gasteiger partial charge in [0.25, 0.3) is 5.91 Å². The number of anilines is 2. The lowest BCUT2D eigenvalue weighted by atomic mass is 10.2. The Bertz CT molecular complexity index is 1080. The zero-order chi connectivity index (χ0) is 23.6. The highest BCUT2D eigenvalue weighted by Gasteiger charge is 2.19. The standard InChI is InChI=1S/C27H29N3O4/c31-26(29-22-13-11-21(12-14-22)27(32)30-15-4-5-16-30)20-28-23-7-6-10-25(19-23)34-18-17-33-24-8-2-1-3-9-24/h1-3,6-14,19,28H,4-5,15-18,20H2,(H,29,31). The molecule has 1 fully saturated rings. The summed E-state index contributed by atoms with van der Waals surface area (Å²) < 4.78 is 11.4. The van der Waals surface area contributed by atoms with Gasteiger partial charge in [0.05, 0.1) is 6.54 Å². The molecule has 176 valence electrons. The molecule has 0 unspecified atom stereocenters. The van der Waals surface area contributed by atoms with Gasteiger partial charge < -0.3 is 25.0 Å². The molecule has 1 aliphatic rings. The second-order valence-electron chi connectivity index (χ2n) is 8.02. The van der Waals surface area contributed by atoms with Gasteiger partial charge in [-0.3, -0.25) is 9.59 Å². The Morgan fingerprint density at radius 2 is 1.44 bits per heavy atom. The maximum atomic E-state index is 12.4. The Kier molecular flexibility index (Phi) is 8.00. The molecule has 1 saturated heterocycles. The highest BCUT2D eigenvalue weighted by atomic mass is 16.5. The summed E-state index contributed by atoms with van der Waals surface area (Å²) >= 11 is 0. The number of benzene rings is 3. The highest BCUT2D eigenvalue weighted by Crippen LogP contribution is 2.18. The first kappa shape index (κ1) is 23.2. The van der Waals surface area contributed by atoms with E-state index in [1.807, 2.05) is 59.5 Å². The molecule has 2 N–H and O–H groups in total. The molecule has 7 nitrogen and oxygen atoms in total. The van der Waals surface area contributed by atoms with Crippen LogP contribution in [0.5, 0.6) is 11.5 Å². The molecule has 0 bridgehead atoms. The molecule has 3 aromatic carbocycles. The fourth-order valence-electron chi connectivity index (χ4n) is 3.72. The molecule has 0 radical (unpaired) electrons. The topological polar surface area (TPSA) is 79.9 Å². The van der Waals surface area contributed by atoms with E-state index in [0.29, 0.717) is 30.2 Å². The normalized spacial score (nSPS) is 12.8. The number of nitrogens with zero attached hydrogens (tertiary/aromatic N) is 1. The number of nitrogens with one attached hydrogen (secondary N) is 2. The lowest BCUT2D eigenvalue weighted by Gasteiger charge is -2.15. The maximum Gasteiger partial charge on any atom is 0.253 e. The second-order valence-corrected chi connectivity index (χ2v) is 8.02. The van der Waals surface area contributed by atoms with Crippen LogP contribution in [0.1, 0.15) is 23.2 Å². The fourth-order valence-corrected chi connectivity index (χ4v) is 3.72. The minimum Gasteiger partial charge on any atom is -0.490 e. The third kappa shape index (κ3) is 6.75. The first-order valence-electron chi connectivity index (χ1n) is 11.5. The Morgan fingerprint density at radius 1 is 0.765 bits per heavy atom.